The van der Waals surface area contributed by atoms with Gasteiger partial charge < -0.3 is 19.5 Å². The lowest BCUT2D eigenvalue weighted by Crippen LogP contribution is -2.44. The van der Waals surface area contributed by atoms with Gasteiger partial charge in [0.25, 0.3) is 0 Å². The number of nitrogens with zero attached hydrogens (tertiary/aromatic N) is 3. The number of hydrogen-bond donors (Lipinski definition) is 1. The van der Waals surface area contributed by atoms with E-state index in [2.05, 4.69) is 14.9 Å². The molecule has 1 saturated heterocycles. The summed E-state index contributed by atoms with van der Waals surface area (Å²) in [4.78, 5) is 18.3. The fraction of sp³-hybridized carbons (Fsp3) is 0.667. The van der Waals surface area contributed by atoms with Crippen LogP contribution in [0.1, 0.15) is 12.2 Å². The van der Waals surface area contributed by atoms with Crippen LogP contribution in [0.25, 0.3) is 0 Å². The Labute approximate surface area is 106 Å². The summed E-state index contributed by atoms with van der Waals surface area (Å²) in [5, 5.41) is 3.24. The van der Waals surface area contributed by atoms with Gasteiger partial charge in [0, 0.05) is 38.6 Å². The molecule has 1 N–H and O–H groups in total. The minimum atomic E-state index is 0.0212. The second-order valence-electron chi connectivity index (χ2n) is 4.75. The van der Waals surface area contributed by atoms with Gasteiger partial charge in [-0.25, -0.2) is 4.98 Å². The van der Waals surface area contributed by atoms with Gasteiger partial charge in [-0.1, -0.05) is 0 Å². The van der Waals surface area contributed by atoms with Crippen molar-refractivity contribution in [3.8, 4) is 0 Å². The van der Waals surface area contributed by atoms with E-state index < -0.39 is 0 Å². The predicted molar refractivity (Wildman–Crippen MR) is 64.9 cm³/mol. The first-order valence-corrected chi connectivity index (χ1v) is 6.43. The zero-order valence-corrected chi connectivity index (χ0v) is 10.3. The van der Waals surface area contributed by atoms with E-state index in [9.17, 15) is 4.79 Å². The summed E-state index contributed by atoms with van der Waals surface area (Å²) >= 11 is 0. The van der Waals surface area contributed by atoms with Crippen LogP contribution in [-0.4, -0.2) is 52.7 Å². The second kappa shape index (κ2) is 5.07. The Morgan fingerprint density at radius 1 is 1.56 bits per heavy atom. The van der Waals surface area contributed by atoms with Crippen molar-refractivity contribution in [1.82, 2.24) is 19.8 Å². The van der Waals surface area contributed by atoms with Gasteiger partial charge in [0.1, 0.15) is 5.82 Å². The molecule has 2 aliphatic rings. The summed E-state index contributed by atoms with van der Waals surface area (Å²) in [6, 6.07) is 0. The van der Waals surface area contributed by atoms with Crippen LogP contribution in [0.4, 0.5) is 0 Å². The molecule has 6 nitrogen and oxygen atoms in total. The Bertz CT molecular complexity index is 425. The Hall–Kier alpha value is -1.40. The molecule has 1 amide bonds. The van der Waals surface area contributed by atoms with Gasteiger partial charge in [0.15, 0.2) is 0 Å². The minimum absolute atomic E-state index is 0.0212. The van der Waals surface area contributed by atoms with Crippen LogP contribution in [0.3, 0.4) is 0 Å². The zero-order valence-electron chi connectivity index (χ0n) is 10.3. The molecule has 1 atom stereocenters. The normalized spacial score (nSPS) is 23.8. The van der Waals surface area contributed by atoms with Crippen molar-refractivity contribution < 1.29 is 9.53 Å². The van der Waals surface area contributed by atoms with Crippen molar-refractivity contribution in [3.05, 3.63) is 18.2 Å². The average molecular weight is 250 g/mol. The Morgan fingerprint density at radius 2 is 2.50 bits per heavy atom. The molecule has 6 heteroatoms. The molecular weight excluding hydrogens is 232 g/mol. The number of hydrogen-bond acceptors (Lipinski definition) is 4. The Balaban J connectivity index is 1.57. The molecule has 18 heavy (non-hydrogen) atoms. The number of nitrogens with one attached hydrogen (secondary N) is 1. The van der Waals surface area contributed by atoms with Crippen LogP contribution in [0, 0.1) is 0 Å². The van der Waals surface area contributed by atoms with E-state index in [4.69, 9.17) is 4.74 Å². The van der Waals surface area contributed by atoms with Crippen LogP contribution in [0.15, 0.2) is 12.4 Å². The average Bonchev–Trinajstić information content (AvgIpc) is 2.87. The topological polar surface area (TPSA) is 59.4 Å². The molecule has 98 valence electrons. The van der Waals surface area contributed by atoms with Gasteiger partial charge in [0.2, 0.25) is 5.91 Å². The highest BCUT2D eigenvalue weighted by Gasteiger charge is 2.24. The fourth-order valence-electron chi connectivity index (χ4n) is 2.46. The highest BCUT2D eigenvalue weighted by Crippen LogP contribution is 2.13. The third kappa shape index (κ3) is 2.39. The number of rotatable bonds is 2. The Morgan fingerprint density at radius 3 is 3.33 bits per heavy atom. The molecule has 0 radical (unpaired) electrons. The number of imidazole rings is 1. The standard InChI is InChI=1S/C12H18N4O2/c17-12(7-10-8-13-2-6-18-10)16-5-4-15-3-1-14-11(15)9-16/h1,3,10,13H,2,4-9H2. The Kier molecular flexibility index (Phi) is 3.29. The first kappa shape index (κ1) is 11.7. The van der Waals surface area contributed by atoms with Gasteiger partial charge >= 0.3 is 0 Å². The minimum Gasteiger partial charge on any atom is -0.375 e. The summed E-state index contributed by atoms with van der Waals surface area (Å²) in [6.07, 6.45) is 4.24. The molecular formula is C12H18N4O2. The highest BCUT2D eigenvalue weighted by atomic mass is 16.5. The summed E-state index contributed by atoms with van der Waals surface area (Å²) in [5.41, 5.74) is 0. The van der Waals surface area contributed by atoms with Crippen LogP contribution in [0.5, 0.6) is 0 Å². The van der Waals surface area contributed by atoms with E-state index in [-0.39, 0.29) is 12.0 Å². The molecule has 0 bridgehead atoms. The molecule has 3 rings (SSSR count). The van der Waals surface area contributed by atoms with Crippen LogP contribution in [0.2, 0.25) is 0 Å². The maximum Gasteiger partial charge on any atom is 0.225 e. The number of amides is 1. The molecule has 2 aliphatic heterocycles. The molecule has 1 aromatic rings. The van der Waals surface area contributed by atoms with Crippen molar-refractivity contribution >= 4 is 5.91 Å². The van der Waals surface area contributed by atoms with Crippen LogP contribution in [-0.2, 0) is 22.6 Å². The summed E-state index contributed by atoms with van der Waals surface area (Å²) < 4.78 is 7.66. The van der Waals surface area contributed by atoms with Crippen molar-refractivity contribution in [1.29, 1.82) is 0 Å². The van der Waals surface area contributed by atoms with E-state index in [1.807, 2.05) is 11.1 Å². The number of ether oxygens (including phenoxy) is 1. The molecule has 1 unspecified atom stereocenters. The van der Waals surface area contributed by atoms with Crippen LogP contribution >= 0.6 is 0 Å². The third-order valence-corrected chi connectivity index (χ3v) is 3.50. The molecule has 0 spiro atoms. The number of fused-ring (bicyclic) bond motifs is 1. The summed E-state index contributed by atoms with van der Waals surface area (Å²) in [5.74, 6) is 1.13. The van der Waals surface area contributed by atoms with Gasteiger partial charge in [-0.05, 0) is 0 Å². The molecule has 0 saturated carbocycles. The van der Waals surface area contributed by atoms with Gasteiger partial charge in [-0.3, -0.25) is 4.79 Å². The highest BCUT2D eigenvalue weighted by molar-refractivity contribution is 5.76. The third-order valence-electron chi connectivity index (χ3n) is 3.50. The van der Waals surface area contributed by atoms with E-state index in [0.29, 0.717) is 19.6 Å². The van der Waals surface area contributed by atoms with Gasteiger partial charge in [-0.2, -0.15) is 0 Å². The lowest BCUT2D eigenvalue weighted by Gasteiger charge is -2.30. The summed E-state index contributed by atoms with van der Waals surface area (Å²) in [7, 11) is 0. The monoisotopic (exact) mass is 250 g/mol. The van der Waals surface area contributed by atoms with Crippen molar-refractivity contribution in [2.45, 2.75) is 25.6 Å². The maximum absolute atomic E-state index is 12.2. The van der Waals surface area contributed by atoms with Gasteiger partial charge in [-0.15, -0.1) is 0 Å². The van der Waals surface area contributed by atoms with Crippen LogP contribution < -0.4 is 5.32 Å². The van der Waals surface area contributed by atoms with Crippen molar-refractivity contribution in [3.63, 3.8) is 0 Å². The molecule has 0 aliphatic carbocycles. The van der Waals surface area contributed by atoms with Crippen molar-refractivity contribution in [2.75, 3.05) is 26.2 Å². The first-order chi connectivity index (χ1) is 8.83. The van der Waals surface area contributed by atoms with E-state index in [1.165, 1.54) is 0 Å². The van der Waals surface area contributed by atoms with E-state index in [1.54, 1.807) is 6.20 Å². The zero-order chi connectivity index (χ0) is 12.4. The largest absolute Gasteiger partial charge is 0.375 e. The predicted octanol–water partition coefficient (Wildman–Crippen LogP) is -0.396. The lowest BCUT2D eigenvalue weighted by molar-refractivity contribution is -0.136. The van der Waals surface area contributed by atoms with E-state index >= 15 is 0 Å². The fourth-order valence-corrected chi connectivity index (χ4v) is 2.46. The smallest absolute Gasteiger partial charge is 0.225 e. The van der Waals surface area contributed by atoms with Gasteiger partial charge in [0.05, 0.1) is 25.7 Å². The summed E-state index contributed by atoms with van der Waals surface area (Å²) in [6.45, 7) is 4.57. The first-order valence-electron chi connectivity index (χ1n) is 6.43. The number of carbonyl (C=O) groups excluding carboxylic acids is 1. The maximum atomic E-state index is 12.2. The SMILES string of the molecule is O=C(CC1CNCCO1)N1CCn2ccnc2C1. The molecule has 1 fully saturated rings. The molecule has 3 heterocycles. The lowest BCUT2D eigenvalue weighted by atomic mass is 10.2. The molecule has 1 aromatic heterocycles. The van der Waals surface area contributed by atoms with E-state index in [0.717, 1.165) is 32.0 Å². The number of aromatic nitrogens is 2. The molecule has 0 aromatic carbocycles. The number of morpholine rings is 1. The quantitative estimate of drug-likeness (QED) is 0.776. The number of carbonyl (C=O) groups is 1. The second-order valence-corrected chi connectivity index (χ2v) is 4.75. The van der Waals surface area contributed by atoms with Crippen molar-refractivity contribution in [2.24, 2.45) is 0 Å².